The Labute approximate surface area is 164 Å². The number of carbonyl (C=O) groups excluding carboxylic acids is 1. The average molecular weight is 408 g/mol. The highest BCUT2D eigenvalue weighted by atomic mass is 19.4. The van der Waals surface area contributed by atoms with E-state index in [2.05, 4.69) is 10.1 Å². The molecule has 1 amide bonds. The van der Waals surface area contributed by atoms with Crippen LogP contribution in [0, 0.1) is 6.92 Å². The van der Waals surface area contributed by atoms with Crippen molar-refractivity contribution in [1.82, 2.24) is 9.88 Å². The van der Waals surface area contributed by atoms with E-state index in [0.717, 1.165) is 13.2 Å². The largest absolute Gasteiger partial charge is 0.481 e. The molecule has 0 radical (unpaired) electrons. The van der Waals surface area contributed by atoms with E-state index in [1.165, 1.54) is 35.9 Å². The molecule has 3 rings (SSSR count). The Morgan fingerprint density at radius 3 is 2.48 bits per heavy atom. The fourth-order valence-corrected chi connectivity index (χ4v) is 3.33. The van der Waals surface area contributed by atoms with Gasteiger partial charge in [-0.3, -0.25) is 14.7 Å². The zero-order chi connectivity index (χ0) is 21.6. The molecular weight excluding hydrogens is 389 g/mol. The van der Waals surface area contributed by atoms with Crippen LogP contribution in [0.3, 0.4) is 0 Å². The van der Waals surface area contributed by atoms with Crippen LogP contribution in [0.5, 0.6) is 5.75 Å². The molecule has 29 heavy (non-hydrogen) atoms. The van der Waals surface area contributed by atoms with Crippen LogP contribution in [0.2, 0.25) is 0 Å². The van der Waals surface area contributed by atoms with E-state index in [1.54, 1.807) is 19.9 Å². The summed E-state index contributed by atoms with van der Waals surface area (Å²) in [4.78, 5) is 24.5. The van der Waals surface area contributed by atoms with Gasteiger partial charge in [0.15, 0.2) is 0 Å². The normalized spacial score (nSPS) is 15.4. The molecule has 1 aliphatic heterocycles. The zero-order valence-corrected chi connectivity index (χ0v) is 16.2. The van der Waals surface area contributed by atoms with E-state index in [4.69, 9.17) is 4.74 Å². The molecule has 1 aromatic carbocycles. The molecule has 2 aromatic rings. The Morgan fingerprint density at radius 2 is 1.90 bits per heavy atom. The minimum absolute atomic E-state index is 0.0684. The number of hydrogen-bond acceptors (Lipinski definition) is 4. The molecule has 1 aliphatic rings. The van der Waals surface area contributed by atoms with Gasteiger partial charge in [0, 0.05) is 17.8 Å². The lowest BCUT2D eigenvalue weighted by Crippen LogP contribution is -2.45. The lowest BCUT2D eigenvalue weighted by atomic mass is 9.90. The molecule has 154 valence electrons. The van der Waals surface area contributed by atoms with Gasteiger partial charge < -0.3 is 9.47 Å². The lowest BCUT2D eigenvalue weighted by Gasteiger charge is -2.38. The molecule has 0 saturated heterocycles. The van der Waals surface area contributed by atoms with Gasteiger partial charge in [0.2, 0.25) is 0 Å². The maximum absolute atomic E-state index is 13.5. The van der Waals surface area contributed by atoms with Gasteiger partial charge in [0.25, 0.3) is 5.56 Å². The third kappa shape index (κ3) is 3.59. The number of aromatic nitrogens is 1. The average Bonchev–Trinajstić information content (AvgIpc) is 2.62. The number of halogens is 3. The van der Waals surface area contributed by atoms with E-state index < -0.39 is 29.0 Å². The van der Waals surface area contributed by atoms with E-state index in [9.17, 15) is 22.8 Å². The quantitative estimate of drug-likeness (QED) is 0.818. The second kappa shape index (κ2) is 6.98. The smallest absolute Gasteiger partial charge is 0.416 e. The van der Waals surface area contributed by atoms with E-state index in [0.29, 0.717) is 0 Å². The topological polar surface area (TPSA) is 69.6 Å². The van der Waals surface area contributed by atoms with Gasteiger partial charge in [-0.1, -0.05) is 6.07 Å². The number of carbonyl (C=O) groups is 1. The summed E-state index contributed by atoms with van der Waals surface area (Å²) in [7, 11) is 1.15. The number of nitrogens with one attached hydrogen (secondary N) is 1. The monoisotopic (exact) mass is 408 g/mol. The fourth-order valence-electron chi connectivity index (χ4n) is 3.33. The minimum Gasteiger partial charge on any atom is -0.481 e. The molecule has 1 N–H and O–H groups in total. The molecular formula is C20H19F3N2O4. The SMILES string of the molecule is COC(=O)NC1=C(n2ccccc2=O)c2c(ccc(C(F)(F)F)c2C)OC1(C)C. The molecule has 2 heterocycles. The number of hydrogen-bond donors (Lipinski definition) is 1. The van der Waals surface area contributed by atoms with Crippen LogP contribution in [-0.2, 0) is 10.9 Å². The Hall–Kier alpha value is -3.23. The molecule has 0 spiro atoms. The third-order valence-electron chi connectivity index (χ3n) is 4.65. The molecule has 9 heteroatoms. The van der Waals surface area contributed by atoms with Gasteiger partial charge in [-0.05, 0) is 44.5 Å². The maximum Gasteiger partial charge on any atom is 0.416 e. The van der Waals surface area contributed by atoms with Gasteiger partial charge in [-0.2, -0.15) is 13.2 Å². The fraction of sp³-hybridized carbons (Fsp3) is 0.300. The van der Waals surface area contributed by atoms with Gasteiger partial charge in [-0.25, -0.2) is 4.79 Å². The summed E-state index contributed by atoms with van der Waals surface area (Å²) in [6.45, 7) is 4.55. The van der Waals surface area contributed by atoms with Crippen molar-refractivity contribution in [1.29, 1.82) is 0 Å². The number of ether oxygens (including phenoxy) is 2. The van der Waals surface area contributed by atoms with Crippen molar-refractivity contribution in [3.05, 3.63) is 69.3 Å². The number of rotatable bonds is 2. The first-order valence-corrected chi connectivity index (χ1v) is 8.65. The molecule has 0 bridgehead atoms. The zero-order valence-electron chi connectivity index (χ0n) is 16.2. The predicted octanol–water partition coefficient (Wildman–Crippen LogP) is 3.92. The van der Waals surface area contributed by atoms with Crippen molar-refractivity contribution in [2.45, 2.75) is 32.5 Å². The number of alkyl halides is 3. The summed E-state index contributed by atoms with van der Waals surface area (Å²) in [5.74, 6) is 0.168. The minimum atomic E-state index is -4.60. The first-order chi connectivity index (χ1) is 13.5. The highest BCUT2D eigenvalue weighted by Gasteiger charge is 2.41. The van der Waals surface area contributed by atoms with Crippen LogP contribution >= 0.6 is 0 Å². The van der Waals surface area contributed by atoms with Crippen LogP contribution in [-0.4, -0.2) is 23.4 Å². The highest BCUT2D eigenvalue weighted by Crippen LogP contribution is 2.45. The summed E-state index contributed by atoms with van der Waals surface area (Å²) >= 11 is 0. The van der Waals surface area contributed by atoms with Crippen molar-refractivity contribution in [2.75, 3.05) is 7.11 Å². The predicted molar refractivity (Wildman–Crippen MR) is 99.4 cm³/mol. The van der Waals surface area contributed by atoms with E-state index in [1.807, 2.05) is 0 Å². The first-order valence-electron chi connectivity index (χ1n) is 8.65. The van der Waals surface area contributed by atoms with Gasteiger partial charge >= 0.3 is 12.3 Å². The lowest BCUT2D eigenvalue weighted by molar-refractivity contribution is -0.138. The van der Waals surface area contributed by atoms with Crippen molar-refractivity contribution >= 4 is 11.8 Å². The molecule has 1 aromatic heterocycles. The van der Waals surface area contributed by atoms with Crippen LogP contribution < -0.4 is 15.6 Å². The second-order valence-electron chi connectivity index (χ2n) is 6.97. The second-order valence-corrected chi connectivity index (χ2v) is 6.97. The summed E-state index contributed by atoms with van der Waals surface area (Å²) in [6.07, 6.45) is -4.03. The van der Waals surface area contributed by atoms with Gasteiger partial charge in [0.05, 0.1) is 24.1 Å². The Bertz CT molecular complexity index is 1070. The maximum atomic E-state index is 13.5. The number of amides is 1. The van der Waals surface area contributed by atoms with E-state index >= 15 is 0 Å². The summed E-state index contributed by atoms with van der Waals surface area (Å²) in [5, 5.41) is 2.51. The van der Waals surface area contributed by atoms with Gasteiger partial charge in [0.1, 0.15) is 11.4 Å². The van der Waals surface area contributed by atoms with Crippen LogP contribution in [0.4, 0.5) is 18.0 Å². The molecule has 0 fully saturated rings. The molecule has 0 aliphatic carbocycles. The first kappa shape index (κ1) is 20.5. The molecule has 0 unspecified atom stereocenters. The number of methoxy groups -OCH3 is 1. The Kier molecular flexibility index (Phi) is 4.94. The number of alkyl carbamates (subject to hydrolysis) is 1. The molecule has 0 atom stereocenters. The summed E-state index contributed by atoms with van der Waals surface area (Å²) < 4.78 is 52.3. The standard InChI is InChI=1S/C20H19F3N2O4/c1-11-12(20(21,22)23)8-9-13-15(11)16(25-10-6-5-7-14(25)26)17(19(2,3)29-13)24-18(27)28-4/h5-10H,1-4H3,(H,24,27). The Balaban J connectivity index is 2.45. The van der Waals surface area contributed by atoms with Crippen LogP contribution in [0.1, 0.15) is 30.5 Å². The number of nitrogens with zero attached hydrogens (tertiary/aromatic N) is 1. The van der Waals surface area contributed by atoms with E-state index in [-0.39, 0.29) is 28.3 Å². The number of fused-ring (bicyclic) bond motifs is 1. The van der Waals surface area contributed by atoms with Crippen molar-refractivity contribution in [3.8, 4) is 5.75 Å². The van der Waals surface area contributed by atoms with Crippen LogP contribution in [0.15, 0.2) is 47.0 Å². The summed E-state index contributed by atoms with van der Waals surface area (Å²) in [6, 6.07) is 6.50. The van der Waals surface area contributed by atoms with Gasteiger partial charge in [-0.15, -0.1) is 0 Å². The van der Waals surface area contributed by atoms with Crippen molar-refractivity contribution < 1.29 is 27.4 Å². The van der Waals surface area contributed by atoms with Crippen molar-refractivity contribution in [3.63, 3.8) is 0 Å². The number of pyridine rings is 1. The summed E-state index contributed by atoms with van der Waals surface area (Å²) in [5.41, 5.74) is -2.37. The molecule has 6 nitrogen and oxygen atoms in total. The third-order valence-corrected chi connectivity index (χ3v) is 4.65. The molecule has 0 saturated carbocycles. The van der Waals surface area contributed by atoms with Crippen molar-refractivity contribution in [2.24, 2.45) is 0 Å². The highest BCUT2D eigenvalue weighted by molar-refractivity contribution is 5.83. The Morgan fingerprint density at radius 1 is 1.21 bits per heavy atom. The van der Waals surface area contributed by atoms with Crippen LogP contribution in [0.25, 0.3) is 5.70 Å². The number of benzene rings is 1.